The molecule has 6 nitrogen and oxygen atoms in total. The minimum absolute atomic E-state index is 0.0386. The third-order valence-corrected chi connectivity index (χ3v) is 2.78. The number of hydrogen-bond acceptors (Lipinski definition) is 4. The van der Waals surface area contributed by atoms with Crippen LogP contribution in [0, 0.1) is 0 Å². The van der Waals surface area contributed by atoms with Crippen LogP contribution in [0.4, 0.5) is 5.69 Å². The standard InChI is InChI=1S/C12H14Cl2N2O4/c13-8-5-9(14)7-10(6-8)15-11(19)12(20)16(1-3-17)2-4-18/h5-7,17-18H,1-4H2,(H,15,19). The molecular weight excluding hydrogens is 307 g/mol. The van der Waals surface area contributed by atoms with E-state index in [0.717, 1.165) is 4.90 Å². The van der Waals surface area contributed by atoms with E-state index in [1.54, 1.807) is 0 Å². The van der Waals surface area contributed by atoms with Crippen LogP contribution in [0.15, 0.2) is 18.2 Å². The lowest BCUT2D eigenvalue weighted by molar-refractivity contribution is -0.143. The van der Waals surface area contributed by atoms with Crippen LogP contribution in [0.3, 0.4) is 0 Å². The van der Waals surface area contributed by atoms with Crippen LogP contribution < -0.4 is 5.32 Å². The fraction of sp³-hybridized carbons (Fsp3) is 0.333. The Hall–Kier alpha value is -1.34. The van der Waals surface area contributed by atoms with Gasteiger partial charge in [0.05, 0.1) is 13.2 Å². The number of benzene rings is 1. The van der Waals surface area contributed by atoms with Crippen molar-refractivity contribution in [1.82, 2.24) is 4.90 Å². The molecule has 0 radical (unpaired) electrons. The third-order valence-electron chi connectivity index (χ3n) is 2.34. The molecule has 0 aliphatic heterocycles. The van der Waals surface area contributed by atoms with Gasteiger partial charge in [-0.2, -0.15) is 0 Å². The quantitative estimate of drug-likeness (QED) is 0.698. The van der Waals surface area contributed by atoms with Crippen molar-refractivity contribution in [3.05, 3.63) is 28.2 Å². The highest BCUT2D eigenvalue weighted by Gasteiger charge is 2.21. The van der Waals surface area contributed by atoms with Gasteiger partial charge in [0.1, 0.15) is 0 Å². The Labute approximate surface area is 125 Å². The van der Waals surface area contributed by atoms with Crippen molar-refractivity contribution >= 4 is 40.7 Å². The highest BCUT2D eigenvalue weighted by atomic mass is 35.5. The number of anilines is 1. The van der Waals surface area contributed by atoms with E-state index in [2.05, 4.69) is 5.32 Å². The normalized spacial score (nSPS) is 10.2. The summed E-state index contributed by atoms with van der Waals surface area (Å²) in [7, 11) is 0. The number of carbonyl (C=O) groups is 2. The van der Waals surface area contributed by atoms with Crippen molar-refractivity contribution in [1.29, 1.82) is 0 Å². The largest absolute Gasteiger partial charge is 0.395 e. The molecule has 0 bridgehead atoms. The Morgan fingerprint density at radius 1 is 1.05 bits per heavy atom. The first-order chi connectivity index (χ1) is 9.47. The SMILES string of the molecule is O=C(Nc1cc(Cl)cc(Cl)c1)C(=O)N(CCO)CCO. The van der Waals surface area contributed by atoms with Crippen molar-refractivity contribution in [2.45, 2.75) is 0 Å². The van der Waals surface area contributed by atoms with E-state index >= 15 is 0 Å². The van der Waals surface area contributed by atoms with Crippen LogP contribution in [-0.4, -0.2) is 53.2 Å². The number of nitrogens with zero attached hydrogens (tertiary/aromatic N) is 1. The van der Waals surface area contributed by atoms with Crippen LogP contribution in [0.25, 0.3) is 0 Å². The topological polar surface area (TPSA) is 89.9 Å². The summed E-state index contributed by atoms with van der Waals surface area (Å²) in [6, 6.07) is 4.38. The number of amides is 2. The molecule has 1 aromatic carbocycles. The van der Waals surface area contributed by atoms with Gasteiger partial charge in [-0.1, -0.05) is 23.2 Å². The van der Waals surface area contributed by atoms with Gasteiger partial charge in [0.2, 0.25) is 0 Å². The zero-order valence-electron chi connectivity index (χ0n) is 10.5. The maximum atomic E-state index is 11.8. The minimum Gasteiger partial charge on any atom is -0.395 e. The number of carbonyl (C=O) groups excluding carboxylic acids is 2. The number of aliphatic hydroxyl groups excluding tert-OH is 2. The molecule has 0 heterocycles. The predicted octanol–water partition coefficient (Wildman–Crippen LogP) is 0.745. The number of hydrogen-bond donors (Lipinski definition) is 3. The summed E-state index contributed by atoms with van der Waals surface area (Å²) in [5, 5.41) is 20.6. The molecule has 1 aromatic rings. The molecule has 0 atom stereocenters. The molecule has 0 aliphatic carbocycles. The fourth-order valence-electron chi connectivity index (χ4n) is 1.51. The monoisotopic (exact) mass is 320 g/mol. The van der Waals surface area contributed by atoms with Gasteiger partial charge >= 0.3 is 11.8 Å². The van der Waals surface area contributed by atoms with Crippen molar-refractivity contribution < 1.29 is 19.8 Å². The summed E-state index contributed by atoms with van der Waals surface area (Å²) in [5.41, 5.74) is 0.286. The second kappa shape index (κ2) is 8.06. The molecule has 20 heavy (non-hydrogen) atoms. The van der Waals surface area contributed by atoms with Gasteiger partial charge in [-0.15, -0.1) is 0 Å². The lowest BCUT2D eigenvalue weighted by atomic mass is 10.3. The average molecular weight is 321 g/mol. The van der Waals surface area contributed by atoms with Crippen LogP contribution >= 0.6 is 23.2 Å². The van der Waals surface area contributed by atoms with Gasteiger partial charge in [-0.25, -0.2) is 0 Å². The van der Waals surface area contributed by atoms with E-state index in [4.69, 9.17) is 33.4 Å². The van der Waals surface area contributed by atoms with Crippen LogP contribution in [0.2, 0.25) is 10.0 Å². The average Bonchev–Trinajstić information content (AvgIpc) is 2.36. The lowest BCUT2D eigenvalue weighted by Crippen LogP contribution is -2.42. The third kappa shape index (κ3) is 4.97. The molecule has 8 heteroatoms. The van der Waals surface area contributed by atoms with E-state index in [1.807, 2.05) is 0 Å². The van der Waals surface area contributed by atoms with E-state index in [1.165, 1.54) is 18.2 Å². The maximum absolute atomic E-state index is 11.8. The Morgan fingerprint density at radius 2 is 1.55 bits per heavy atom. The smallest absolute Gasteiger partial charge is 0.313 e. The predicted molar refractivity (Wildman–Crippen MR) is 75.8 cm³/mol. The summed E-state index contributed by atoms with van der Waals surface area (Å²) in [4.78, 5) is 24.6. The number of aliphatic hydroxyl groups is 2. The highest BCUT2D eigenvalue weighted by molar-refractivity contribution is 6.40. The molecule has 3 N–H and O–H groups in total. The summed E-state index contributed by atoms with van der Waals surface area (Å²) < 4.78 is 0. The Morgan fingerprint density at radius 3 is 2.00 bits per heavy atom. The van der Waals surface area contributed by atoms with Crippen molar-refractivity contribution in [3.63, 3.8) is 0 Å². The fourth-order valence-corrected chi connectivity index (χ4v) is 2.04. The summed E-state index contributed by atoms with van der Waals surface area (Å²) in [6.07, 6.45) is 0. The first kappa shape index (κ1) is 16.7. The van der Waals surface area contributed by atoms with E-state index in [0.29, 0.717) is 10.0 Å². The second-order valence-corrected chi connectivity index (χ2v) is 4.72. The molecule has 0 spiro atoms. The molecule has 0 aromatic heterocycles. The van der Waals surface area contributed by atoms with Crippen LogP contribution in [-0.2, 0) is 9.59 Å². The molecule has 110 valence electrons. The van der Waals surface area contributed by atoms with E-state index < -0.39 is 11.8 Å². The van der Waals surface area contributed by atoms with E-state index in [9.17, 15) is 9.59 Å². The van der Waals surface area contributed by atoms with Gasteiger partial charge in [-0.05, 0) is 18.2 Å². The first-order valence-corrected chi connectivity index (χ1v) is 6.51. The molecule has 2 amide bonds. The van der Waals surface area contributed by atoms with Crippen molar-refractivity contribution in [2.24, 2.45) is 0 Å². The van der Waals surface area contributed by atoms with Gasteiger partial charge in [0.25, 0.3) is 0 Å². The molecule has 0 saturated heterocycles. The van der Waals surface area contributed by atoms with Gasteiger partial charge in [-0.3, -0.25) is 9.59 Å². The zero-order valence-corrected chi connectivity index (χ0v) is 12.0. The Balaban J connectivity index is 2.75. The number of rotatable bonds is 5. The molecule has 0 unspecified atom stereocenters. The first-order valence-electron chi connectivity index (χ1n) is 5.76. The minimum atomic E-state index is -0.898. The Bertz CT molecular complexity index is 470. The molecule has 1 rings (SSSR count). The summed E-state index contributed by atoms with van der Waals surface area (Å²) >= 11 is 11.6. The van der Waals surface area contributed by atoms with Gasteiger partial charge in [0.15, 0.2) is 0 Å². The van der Waals surface area contributed by atoms with Gasteiger partial charge in [0, 0.05) is 28.8 Å². The summed E-state index contributed by atoms with van der Waals surface area (Å²) in [6.45, 7) is -0.684. The maximum Gasteiger partial charge on any atom is 0.313 e. The highest BCUT2D eigenvalue weighted by Crippen LogP contribution is 2.22. The molecule has 0 saturated carbocycles. The van der Waals surface area contributed by atoms with Crippen LogP contribution in [0.1, 0.15) is 0 Å². The molecule has 0 aliphatic rings. The Kier molecular flexibility index (Phi) is 6.74. The molecule has 0 fully saturated rings. The van der Waals surface area contributed by atoms with Crippen molar-refractivity contribution in [3.8, 4) is 0 Å². The lowest BCUT2D eigenvalue weighted by Gasteiger charge is -2.19. The van der Waals surface area contributed by atoms with E-state index in [-0.39, 0.29) is 32.0 Å². The summed E-state index contributed by atoms with van der Waals surface area (Å²) in [5.74, 6) is -1.76. The number of halogens is 2. The zero-order chi connectivity index (χ0) is 15.1. The van der Waals surface area contributed by atoms with Crippen LogP contribution in [0.5, 0.6) is 0 Å². The number of nitrogens with one attached hydrogen (secondary N) is 1. The molecular formula is C12H14Cl2N2O4. The van der Waals surface area contributed by atoms with Crippen molar-refractivity contribution in [2.75, 3.05) is 31.6 Å². The second-order valence-electron chi connectivity index (χ2n) is 3.85. The van der Waals surface area contributed by atoms with Gasteiger partial charge < -0.3 is 20.4 Å².